The van der Waals surface area contributed by atoms with Gasteiger partial charge in [0.15, 0.2) is 12.2 Å². The van der Waals surface area contributed by atoms with Crippen molar-refractivity contribution in [1.82, 2.24) is 0 Å². The summed E-state index contributed by atoms with van der Waals surface area (Å²) in [7, 11) is -9.97. The van der Waals surface area contributed by atoms with Gasteiger partial charge < -0.3 is 33.8 Å². The second kappa shape index (κ2) is 71.4. The normalized spacial score (nSPS) is 14.5. The number of esters is 4. The number of phosphoric ester groups is 2. The van der Waals surface area contributed by atoms with Crippen molar-refractivity contribution in [2.24, 2.45) is 0 Å². The fourth-order valence-corrected chi connectivity index (χ4v) is 11.6. The van der Waals surface area contributed by atoms with Crippen LogP contribution < -0.4 is 0 Å². The first-order valence-corrected chi connectivity index (χ1v) is 41.5. The fourth-order valence-electron chi connectivity index (χ4n) is 10.1. The Morgan fingerprint density at radius 1 is 0.286 bits per heavy atom. The van der Waals surface area contributed by atoms with Gasteiger partial charge in [-0.05, 0) is 148 Å². The van der Waals surface area contributed by atoms with Crippen molar-refractivity contribution in [1.29, 1.82) is 0 Å². The van der Waals surface area contributed by atoms with E-state index in [1.165, 1.54) is 89.9 Å². The number of rotatable bonds is 72. The average molecular weight is 1420 g/mol. The molecule has 0 aromatic carbocycles. The third-order valence-corrected chi connectivity index (χ3v) is 17.9. The molecule has 566 valence electrons. The van der Waals surface area contributed by atoms with E-state index in [9.17, 15) is 43.2 Å². The van der Waals surface area contributed by atoms with Gasteiger partial charge in [0.1, 0.15) is 19.3 Å². The van der Waals surface area contributed by atoms with Crippen LogP contribution in [0.4, 0.5) is 0 Å². The molecule has 0 aromatic heterocycles. The molecule has 0 aliphatic carbocycles. The van der Waals surface area contributed by atoms with Gasteiger partial charge in [0, 0.05) is 25.7 Å². The fraction of sp³-hybridized carbons (Fsp3) is 0.747. The Hall–Kier alpha value is -4.02. The Kier molecular flexibility index (Phi) is 68.4. The molecule has 0 bridgehead atoms. The van der Waals surface area contributed by atoms with Crippen LogP contribution in [-0.2, 0) is 65.4 Å². The molecule has 5 atom stereocenters. The lowest BCUT2D eigenvalue weighted by Gasteiger charge is -2.21. The van der Waals surface area contributed by atoms with Crippen LogP contribution in [0.25, 0.3) is 0 Å². The van der Waals surface area contributed by atoms with Crippen LogP contribution in [0.15, 0.2) is 97.2 Å². The Morgan fingerprint density at radius 3 is 0.837 bits per heavy atom. The summed E-state index contributed by atoms with van der Waals surface area (Å²) in [5, 5.41) is 10.6. The number of carbonyl (C=O) groups is 4. The summed E-state index contributed by atoms with van der Waals surface area (Å²) in [5.74, 6) is -2.26. The standard InChI is InChI=1S/C79H138O17P2/c1-5-9-13-17-21-25-29-33-35-36-38-42-46-50-54-58-62-66-79(84)96-75(69-89-76(81)63-59-55-51-47-43-39-31-27-23-19-15-11-7-3)72-94-98(87,88)92-68-73(80)67-91-97(85,86)93-71-74(95-78(83)65-61-57-53-49-45-40-32-28-24-20-16-12-8-4)70-90-77(82)64-60-56-52-48-44-41-37-34-30-26-22-18-14-10-6-2/h21-22,25-28,31-35,37-38,42,50,54,73-75,80H,5-20,23-24,29-30,36,39-41,43-49,51-53,55-72H2,1-4H3,(H,85,86)(H,87,88)/b25-21-,26-22-,31-27-,32-28-,35-33-,37-34-,42-38-,54-50-/t73-,74+,75+/m0/s1. The van der Waals surface area contributed by atoms with Crippen LogP contribution in [0.5, 0.6) is 0 Å². The Bertz CT molecular complexity index is 2240. The Morgan fingerprint density at radius 2 is 0.510 bits per heavy atom. The second-order valence-corrected chi connectivity index (χ2v) is 28.5. The number of unbranched alkanes of at least 4 members (excludes halogenated alkanes) is 30. The van der Waals surface area contributed by atoms with Gasteiger partial charge in [-0.3, -0.25) is 37.3 Å². The SMILES string of the molecule is CCCCC/C=C\C/C=C\C/C=C\C/C=C\CCCC(=O)O[C@H](COC(=O)CCCCCCC/C=C\CCCCCC)COP(=O)(O)OC[C@@H](O)COP(=O)(O)OC[C@@H](COC(=O)CCCCCCC/C=C\C/C=C\CCCCC)OC(=O)CCCCCCC/C=C\CCCCCC. The molecule has 0 amide bonds. The van der Waals surface area contributed by atoms with Crippen LogP contribution in [0.3, 0.4) is 0 Å². The number of phosphoric acid groups is 2. The highest BCUT2D eigenvalue weighted by Crippen LogP contribution is 2.45. The van der Waals surface area contributed by atoms with Crippen molar-refractivity contribution in [2.45, 2.75) is 341 Å². The van der Waals surface area contributed by atoms with E-state index in [1.807, 2.05) is 12.2 Å². The van der Waals surface area contributed by atoms with Gasteiger partial charge in [-0.25, -0.2) is 9.13 Å². The molecule has 17 nitrogen and oxygen atoms in total. The van der Waals surface area contributed by atoms with Gasteiger partial charge in [-0.15, -0.1) is 0 Å². The molecule has 0 aromatic rings. The van der Waals surface area contributed by atoms with Crippen LogP contribution in [-0.4, -0.2) is 96.7 Å². The Balaban J connectivity index is 5.41. The molecule has 19 heteroatoms. The van der Waals surface area contributed by atoms with Crippen molar-refractivity contribution in [2.75, 3.05) is 39.6 Å². The first-order chi connectivity index (χ1) is 47.7. The van der Waals surface area contributed by atoms with E-state index in [0.29, 0.717) is 32.1 Å². The quantitative estimate of drug-likeness (QED) is 0.0169. The molecule has 0 heterocycles. The summed E-state index contributed by atoms with van der Waals surface area (Å²) in [6.45, 7) is 4.71. The van der Waals surface area contributed by atoms with Crippen molar-refractivity contribution >= 4 is 39.5 Å². The molecule has 0 fully saturated rings. The smallest absolute Gasteiger partial charge is 0.462 e. The molecule has 0 saturated heterocycles. The topological polar surface area (TPSA) is 237 Å². The number of hydrogen-bond acceptors (Lipinski definition) is 15. The maximum absolute atomic E-state index is 13.1. The van der Waals surface area contributed by atoms with Gasteiger partial charge in [-0.1, -0.05) is 247 Å². The average Bonchev–Trinajstić information content (AvgIpc) is 1.02. The highest BCUT2D eigenvalue weighted by Gasteiger charge is 2.30. The molecule has 0 radical (unpaired) electrons. The minimum atomic E-state index is -4.99. The molecule has 2 unspecified atom stereocenters. The molecule has 0 spiro atoms. The maximum Gasteiger partial charge on any atom is 0.472 e. The highest BCUT2D eigenvalue weighted by atomic mass is 31.2. The first-order valence-electron chi connectivity index (χ1n) is 38.5. The van der Waals surface area contributed by atoms with E-state index in [2.05, 4.69) is 113 Å². The predicted octanol–water partition coefficient (Wildman–Crippen LogP) is 22.0. The van der Waals surface area contributed by atoms with Crippen molar-refractivity contribution in [3.63, 3.8) is 0 Å². The number of carbonyl (C=O) groups excluding carboxylic acids is 4. The number of ether oxygens (including phenoxy) is 4. The van der Waals surface area contributed by atoms with Gasteiger partial charge in [0.05, 0.1) is 26.4 Å². The third-order valence-electron chi connectivity index (χ3n) is 16.0. The molecule has 0 rings (SSSR count). The molecular weight excluding hydrogens is 1280 g/mol. The van der Waals surface area contributed by atoms with Crippen LogP contribution in [0, 0.1) is 0 Å². The summed E-state index contributed by atoms with van der Waals surface area (Å²) >= 11 is 0. The minimum absolute atomic E-state index is 0.0175. The van der Waals surface area contributed by atoms with Gasteiger partial charge in [-0.2, -0.15) is 0 Å². The lowest BCUT2D eigenvalue weighted by Crippen LogP contribution is -2.30. The zero-order chi connectivity index (χ0) is 71.8. The molecule has 98 heavy (non-hydrogen) atoms. The predicted molar refractivity (Wildman–Crippen MR) is 399 cm³/mol. The molecule has 0 aliphatic heterocycles. The third kappa shape index (κ3) is 70.4. The minimum Gasteiger partial charge on any atom is -0.462 e. The van der Waals surface area contributed by atoms with Crippen LogP contribution in [0.1, 0.15) is 323 Å². The summed E-state index contributed by atoms with van der Waals surface area (Å²) in [6, 6.07) is 0. The number of aliphatic hydroxyl groups is 1. The van der Waals surface area contributed by atoms with Crippen LogP contribution >= 0.6 is 15.6 Å². The summed E-state index contributed by atoms with van der Waals surface area (Å²) < 4.78 is 68.4. The summed E-state index contributed by atoms with van der Waals surface area (Å²) in [4.78, 5) is 72.8. The van der Waals surface area contributed by atoms with E-state index in [1.54, 1.807) is 0 Å². The van der Waals surface area contributed by atoms with Gasteiger partial charge in [0.25, 0.3) is 0 Å². The lowest BCUT2D eigenvalue weighted by molar-refractivity contribution is -0.161. The molecular formula is C79H138O17P2. The monoisotopic (exact) mass is 1420 g/mol. The van der Waals surface area contributed by atoms with Crippen molar-refractivity contribution < 1.29 is 80.2 Å². The van der Waals surface area contributed by atoms with E-state index in [4.69, 9.17) is 37.0 Å². The molecule has 0 aliphatic rings. The molecule has 3 N–H and O–H groups in total. The summed E-state index contributed by atoms with van der Waals surface area (Å²) in [5.41, 5.74) is 0. The maximum atomic E-state index is 13.1. The van der Waals surface area contributed by atoms with Gasteiger partial charge >= 0.3 is 39.5 Å². The number of hydrogen-bond donors (Lipinski definition) is 3. The van der Waals surface area contributed by atoms with E-state index < -0.39 is 97.5 Å². The van der Waals surface area contributed by atoms with E-state index in [-0.39, 0.29) is 25.7 Å². The van der Waals surface area contributed by atoms with Crippen molar-refractivity contribution in [3.05, 3.63) is 97.2 Å². The largest absolute Gasteiger partial charge is 0.472 e. The zero-order valence-corrected chi connectivity index (χ0v) is 63.5. The van der Waals surface area contributed by atoms with Crippen LogP contribution in [0.2, 0.25) is 0 Å². The Labute approximate surface area is 595 Å². The van der Waals surface area contributed by atoms with Crippen molar-refractivity contribution in [3.8, 4) is 0 Å². The first kappa shape index (κ1) is 94.0. The van der Waals surface area contributed by atoms with Gasteiger partial charge in [0.2, 0.25) is 0 Å². The molecule has 0 saturated carbocycles. The summed E-state index contributed by atoms with van der Waals surface area (Å²) in [6.07, 6.45) is 74.0. The highest BCUT2D eigenvalue weighted by molar-refractivity contribution is 7.47. The lowest BCUT2D eigenvalue weighted by atomic mass is 10.1. The number of aliphatic hydroxyl groups excluding tert-OH is 1. The van der Waals surface area contributed by atoms with E-state index >= 15 is 0 Å². The second-order valence-electron chi connectivity index (χ2n) is 25.6. The zero-order valence-electron chi connectivity index (χ0n) is 61.7. The number of allylic oxidation sites excluding steroid dienone is 16. The van der Waals surface area contributed by atoms with E-state index in [0.717, 1.165) is 148 Å².